The lowest BCUT2D eigenvalue weighted by Gasteiger charge is -2.33. The molecular formula is C21H28F3N5O4. The van der Waals surface area contributed by atoms with E-state index >= 15 is 0 Å². The molecule has 4 aliphatic rings. The molecule has 0 aliphatic carbocycles. The molecule has 4 aliphatic heterocycles. The van der Waals surface area contributed by atoms with Crippen LogP contribution in [0.1, 0.15) is 26.7 Å². The van der Waals surface area contributed by atoms with E-state index in [0.717, 1.165) is 5.01 Å². The summed E-state index contributed by atoms with van der Waals surface area (Å²) in [5.41, 5.74) is 0.360. The lowest BCUT2D eigenvalue weighted by molar-refractivity contribution is -0.147. The van der Waals surface area contributed by atoms with Crippen LogP contribution < -0.4 is 0 Å². The Kier molecular flexibility index (Phi) is 6.39. The lowest BCUT2D eigenvalue weighted by Crippen LogP contribution is -2.47. The fraction of sp³-hybridized carbons (Fsp3) is 0.714. The molecule has 0 aromatic heterocycles. The van der Waals surface area contributed by atoms with Crippen LogP contribution in [0.2, 0.25) is 0 Å². The van der Waals surface area contributed by atoms with Crippen molar-refractivity contribution in [3.63, 3.8) is 0 Å². The number of amides is 1. The highest BCUT2D eigenvalue weighted by Gasteiger charge is 2.53. The first-order chi connectivity index (χ1) is 15.6. The third kappa shape index (κ3) is 4.57. The van der Waals surface area contributed by atoms with Crippen LogP contribution in [0.3, 0.4) is 0 Å². The molecule has 0 saturated carbocycles. The molecule has 1 amide bonds. The number of carbonyl (C=O) groups excluding carboxylic acids is 1. The van der Waals surface area contributed by atoms with Gasteiger partial charge in [0, 0.05) is 24.8 Å². The first-order valence-electron chi connectivity index (χ1n) is 11.0. The molecule has 1 N–H and O–H groups in total. The Hall–Kier alpha value is -2.63. The third-order valence-corrected chi connectivity index (χ3v) is 6.45. The summed E-state index contributed by atoms with van der Waals surface area (Å²) in [6, 6.07) is -0.966. The number of ether oxygens (including phenoxy) is 2. The second-order valence-corrected chi connectivity index (χ2v) is 8.74. The minimum atomic E-state index is -4.40. The number of likely N-dealkylation sites (tertiary alicyclic amines) is 1. The molecule has 4 rings (SSSR count). The Morgan fingerprint density at radius 1 is 1.30 bits per heavy atom. The number of carbonyl (C=O) groups is 1. The van der Waals surface area contributed by atoms with Gasteiger partial charge in [0.25, 0.3) is 5.88 Å². The van der Waals surface area contributed by atoms with E-state index in [0.29, 0.717) is 36.8 Å². The van der Waals surface area contributed by atoms with Gasteiger partial charge in [0.15, 0.2) is 12.0 Å². The van der Waals surface area contributed by atoms with Crippen molar-refractivity contribution in [2.45, 2.75) is 51.2 Å². The normalized spacial score (nSPS) is 34.2. The van der Waals surface area contributed by atoms with Gasteiger partial charge < -0.3 is 19.5 Å². The Balaban J connectivity index is 1.51. The number of hydrazone groups is 1. The fourth-order valence-corrected chi connectivity index (χ4v) is 4.97. The first kappa shape index (κ1) is 23.5. The highest BCUT2D eigenvalue weighted by molar-refractivity contribution is 6.13. The molecule has 0 aromatic rings. The van der Waals surface area contributed by atoms with Gasteiger partial charge in [-0.2, -0.15) is 18.3 Å². The van der Waals surface area contributed by atoms with Gasteiger partial charge in [-0.05, 0) is 19.3 Å². The number of methoxy groups -OCH3 is 1. The maximum atomic E-state index is 13.1. The van der Waals surface area contributed by atoms with Gasteiger partial charge in [-0.3, -0.25) is 14.8 Å². The van der Waals surface area contributed by atoms with Crippen LogP contribution in [0.5, 0.6) is 0 Å². The second kappa shape index (κ2) is 8.96. The maximum Gasteiger partial charge on any atom is 0.407 e. The highest BCUT2D eigenvalue weighted by Crippen LogP contribution is 2.39. The van der Waals surface area contributed by atoms with Crippen LogP contribution >= 0.6 is 0 Å². The van der Waals surface area contributed by atoms with Crippen molar-refractivity contribution in [2.24, 2.45) is 32.8 Å². The first-order valence-corrected chi connectivity index (χ1v) is 11.0. The monoisotopic (exact) mass is 471 g/mol. The summed E-state index contributed by atoms with van der Waals surface area (Å²) >= 11 is 0. The molecule has 1 fully saturated rings. The SMILES string of the molecule is CCOC1=C(OC)CC(C2CC(C)C3C(=O)N(C4C=NN(CC(F)(F)F)C4)C(O)C3=N2)C=N1. The number of halogens is 3. The van der Waals surface area contributed by atoms with Gasteiger partial charge in [0.1, 0.15) is 6.54 Å². The van der Waals surface area contributed by atoms with Gasteiger partial charge >= 0.3 is 6.18 Å². The summed E-state index contributed by atoms with van der Waals surface area (Å²) in [6.07, 6.45) is -1.51. The van der Waals surface area contributed by atoms with E-state index in [4.69, 9.17) is 14.5 Å². The Labute approximate surface area is 189 Å². The number of aliphatic hydroxyl groups is 1. The van der Waals surface area contributed by atoms with E-state index in [9.17, 15) is 23.1 Å². The van der Waals surface area contributed by atoms with Gasteiger partial charge in [-0.25, -0.2) is 4.99 Å². The van der Waals surface area contributed by atoms with E-state index in [-0.39, 0.29) is 30.3 Å². The molecule has 9 nitrogen and oxygen atoms in total. The quantitative estimate of drug-likeness (QED) is 0.637. The van der Waals surface area contributed by atoms with Crippen molar-refractivity contribution in [3.8, 4) is 0 Å². The number of fused-ring (bicyclic) bond motifs is 1. The predicted molar refractivity (Wildman–Crippen MR) is 114 cm³/mol. The summed E-state index contributed by atoms with van der Waals surface area (Å²) in [7, 11) is 1.56. The van der Waals surface area contributed by atoms with E-state index in [1.54, 1.807) is 13.3 Å². The van der Waals surface area contributed by atoms with Crippen LogP contribution in [0, 0.1) is 17.8 Å². The van der Waals surface area contributed by atoms with Crippen molar-refractivity contribution in [3.05, 3.63) is 11.6 Å². The topological polar surface area (TPSA) is 99.3 Å². The van der Waals surface area contributed by atoms with Crippen LogP contribution in [0.25, 0.3) is 0 Å². The largest absolute Gasteiger partial charge is 0.495 e. The van der Waals surface area contributed by atoms with Crippen LogP contribution in [-0.2, 0) is 14.3 Å². The zero-order valence-electron chi connectivity index (χ0n) is 18.7. The van der Waals surface area contributed by atoms with Crippen LogP contribution in [0.15, 0.2) is 26.7 Å². The van der Waals surface area contributed by atoms with Crippen molar-refractivity contribution in [1.82, 2.24) is 9.91 Å². The number of aliphatic hydroxyl groups excluding tert-OH is 1. The number of rotatable bonds is 6. The van der Waals surface area contributed by atoms with E-state index < -0.39 is 30.9 Å². The van der Waals surface area contributed by atoms with Gasteiger partial charge in [-0.15, -0.1) is 0 Å². The fourth-order valence-electron chi connectivity index (χ4n) is 4.97. The number of aliphatic imine (C=N–C) groups is 2. The molecule has 0 aromatic carbocycles. The molecule has 1 saturated heterocycles. The maximum absolute atomic E-state index is 13.1. The number of nitrogens with zero attached hydrogens (tertiary/aromatic N) is 5. The Bertz CT molecular complexity index is 903. The molecular weight excluding hydrogens is 443 g/mol. The standard InChI is InChI=1S/C21H28F3N5O4/c1-4-33-18-15(32-3)6-12(7-25-18)14-5-11(2)16-17(27-14)20(31)29(19(16)30)13-8-26-28(9-13)10-21(22,23)24/h7-8,11-14,16,20,31H,4-6,9-10H2,1-3H3. The van der Waals surface area contributed by atoms with E-state index in [1.165, 1.54) is 11.1 Å². The van der Waals surface area contributed by atoms with Gasteiger partial charge in [0.05, 0.1) is 44.0 Å². The zero-order valence-corrected chi connectivity index (χ0v) is 18.7. The third-order valence-electron chi connectivity index (χ3n) is 6.45. The lowest BCUT2D eigenvalue weighted by atomic mass is 9.78. The molecule has 4 heterocycles. The van der Waals surface area contributed by atoms with Gasteiger partial charge in [-0.1, -0.05) is 6.92 Å². The summed E-state index contributed by atoms with van der Waals surface area (Å²) in [6.45, 7) is 2.92. The smallest absolute Gasteiger partial charge is 0.407 e. The minimum absolute atomic E-state index is 0.0910. The summed E-state index contributed by atoms with van der Waals surface area (Å²) < 4.78 is 49.0. The average Bonchev–Trinajstić information content (AvgIpc) is 3.29. The van der Waals surface area contributed by atoms with Crippen LogP contribution in [-0.4, -0.2) is 90.4 Å². The summed E-state index contributed by atoms with van der Waals surface area (Å²) in [4.78, 5) is 23.5. The van der Waals surface area contributed by atoms with Crippen molar-refractivity contribution >= 4 is 24.0 Å². The Morgan fingerprint density at radius 2 is 2.06 bits per heavy atom. The molecule has 6 atom stereocenters. The molecule has 6 unspecified atom stereocenters. The highest BCUT2D eigenvalue weighted by atomic mass is 19.4. The summed E-state index contributed by atoms with van der Waals surface area (Å²) in [5.74, 6) is -0.0559. The molecule has 0 radical (unpaired) electrons. The number of hydrogen-bond donors (Lipinski definition) is 1. The van der Waals surface area contributed by atoms with Crippen LogP contribution in [0.4, 0.5) is 13.2 Å². The second-order valence-electron chi connectivity index (χ2n) is 8.74. The molecule has 12 heteroatoms. The van der Waals surface area contributed by atoms with Crippen molar-refractivity contribution < 1.29 is 32.5 Å². The summed E-state index contributed by atoms with van der Waals surface area (Å²) in [5, 5.41) is 15.6. The van der Waals surface area contributed by atoms with E-state index in [1.807, 2.05) is 13.8 Å². The minimum Gasteiger partial charge on any atom is -0.495 e. The Morgan fingerprint density at radius 3 is 2.73 bits per heavy atom. The predicted octanol–water partition coefficient (Wildman–Crippen LogP) is 1.79. The average molecular weight is 471 g/mol. The number of allylic oxidation sites excluding steroid dienone is 1. The molecule has 182 valence electrons. The molecule has 0 bridgehead atoms. The zero-order chi connectivity index (χ0) is 23.9. The molecule has 0 spiro atoms. The van der Waals surface area contributed by atoms with Crippen molar-refractivity contribution in [1.29, 1.82) is 0 Å². The molecule has 33 heavy (non-hydrogen) atoms. The number of hydrogen-bond acceptors (Lipinski definition) is 8. The number of alkyl halides is 3. The van der Waals surface area contributed by atoms with Crippen molar-refractivity contribution in [2.75, 3.05) is 26.8 Å². The van der Waals surface area contributed by atoms with E-state index in [2.05, 4.69) is 10.1 Å². The van der Waals surface area contributed by atoms with Gasteiger partial charge in [0.2, 0.25) is 5.91 Å².